The molecule has 0 radical (unpaired) electrons. The normalized spacial score (nSPS) is 46.0. The molecule has 1 aromatic heterocycles. The van der Waals surface area contributed by atoms with Crippen molar-refractivity contribution in [1.82, 2.24) is 20.9 Å². The second kappa shape index (κ2) is 11.2. The molecule has 4 saturated carbocycles. The van der Waals surface area contributed by atoms with E-state index in [0.717, 1.165) is 50.6 Å². The van der Waals surface area contributed by atoms with Crippen LogP contribution in [0.4, 0.5) is 0 Å². The highest BCUT2D eigenvalue weighted by atomic mass is 16.5. The van der Waals surface area contributed by atoms with E-state index in [9.17, 15) is 14.4 Å². The van der Waals surface area contributed by atoms with E-state index in [0.29, 0.717) is 60.2 Å². The van der Waals surface area contributed by atoms with Crippen LogP contribution in [0.1, 0.15) is 97.5 Å². The molecule has 3 heterocycles. The molecule has 7 rings (SSSR count). The van der Waals surface area contributed by atoms with Gasteiger partial charge in [-0.2, -0.15) is 0 Å². The zero-order valence-corrected chi connectivity index (χ0v) is 27.1. The van der Waals surface area contributed by atoms with Crippen LogP contribution in [0.25, 0.3) is 0 Å². The third kappa shape index (κ3) is 4.85. The van der Waals surface area contributed by atoms with Crippen molar-refractivity contribution in [3.63, 3.8) is 0 Å². The van der Waals surface area contributed by atoms with E-state index in [2.05, 4.69) is 48.6 Å². The summed E-state index contributed by atoms with van der Waals surface area (Å²) in [5.41, 5.74) is 0.493. The van der Waals surface area contributed by atoms with Crippen LogP contribution in [0, 0.1) is 52.3 Å². The van der Waals surface area contributed by atoms with E-state index in [1.54, 1.807) is 12.4 Å². The van der Waals surface area contributed by atoms with E-state index >= 15 is 0 Å². The number of ether oxygens (including phenoxy) is 1. The van der Waals surface area contributed by atoms with Crippen LogP contribution in [-0.4, -0.2) is 47.0 Å². The Balaban J connectivity index is 0.977. The first-order valence-corrected chi connectivity index (χ1v) is 17.4. The number of ketones is 1. The lowest BCUT2D eigenvalue weighted by atomic mass is 9.44. The summed E-state index contributed by atoms with van der Waals surface area (Å²) in [6, 6.07) is 3.83. The van der Waals surface area contributed by atoms with Crippen molar-refractivity contribution in [2.45, 2.75) is 116 Å². The Kier molecular flexibility index (Phi) is 7.71. The van der Waals surface area contributed by atoms with E-state index in [4.69, 9.17) is 4.74 Å². The number of pyridine rings is 1. The molecule has 8 nitrogen and oxygen atoms in total. The molecule has 240 valence electrons. The van der Waals surface area contributed by atoms with E-state index in [1.807, 2.05) is 12.1 Å². The molecule has 3 N–H and O–H groups in total. The molecule has 6 aliphatic rings. The van der Waals surface area contributed by atoms with Gasteiger partial charge in [0.05, 0.1) is 6.10 Å². The molecule has 8 heteroatoms. The first-order chi connectivity index (χ1) is 21.0. The molecule has 6 fully saturated rings. The van der Waals surface area contributed by atoms with Gasteiger partial charge in [0.15, 0.2) is 0 Å². The number of Topliss-reactive ketones (excluding diaryl/α,β-unsaturated/α-hetero) is 1. The van der Waals surface area contributed by atoms with Crippen LogP contribution in [0.15, 0.2) is 24.5 Å². The van der Waals surface area contributed by atoms with Crippen molar-refractivity contribution in [2.24, 2.45) is 52.3 Å². The smallest absolute Gasteiger partial charge is 0.229 e. The Hall–Kier alpha value is -2.32. The second-order valence-corrected chi connectivity index (χ2v) is 16.0. The van der Waals surface area contributed by atoms with Gasteiger partial charge in [0.25, 0.3) is 0 Å². The second-order valence-electron chi connectivity index (χ2n) is 16.0. The number of hydrogen-bond acceptors (Lipinski definition) is 6. The maximum absolute atomic E-state index is 14.4. The minimum Gasteiger partial charge on any atom is -0.357 e. The molecule has 0 aromatic carbocycles. The lowest BCUT2D eigenvalue weighted by Crippen LogP contribution is -2.60. The Labute approximate surface area is 262 Å². The number of carbonyl (C=O) groups excluding carboxylic acids is 3. The summed E-state index contributed by atoms with van der Waals surface area (Å²) in [4.78, 5) is 43.6. The predicted octanol–water partition coefficient (Wildman–Crippen LogP) is 4.77. The van der Waals surface area contributed by atoms with E-state index < -0.39 is 0 Å². The van der Waals surface area contributed by atoms with Gasteiger partial charge in [-0.25, -0.2) is 0 Å². The van der Waals surface area contributed by atoms with Crippen LogP contribution in [-0.2, 0) is 25.7 Å². The molecule has 1 spiro atoms. The average molecular weight is 605 g/mol. The minimum absolute atomic E-state index is 0.0924. The lowest BCUT2D eigenvalue weighted by Gasteiger charge is -2.60. The predicted molar refractivity (Wildman–Crippen MR) is 167 cm³/mol. The molecule has 1 aromatic rings. The fourth-order valence-electron chi connectivity index (χ4n) is 11.5. The summed E-state index contributed by atoms with van der Waals surface area (Å²) in [7, 11) is 0. The Morgan fingerprint density at radius 3 is 2.66 bits per heavy atom. The molecular formula is C36H52N4O4. The highest BCUT2D eigenvalue weighted by Gasteiger charge is 2.71. The van der Waals surface area contributed by atoms with Crippen molar-refractivity contribution >= 4 is 17.6 Å². The zero-order chi connectivity index (χ0) is 30.9. The van der Waals surface area contributed by atoms with E-state index in [-0.39, 0.29) is 46.9 Å². The summed E-state index contributed by atoms with van der Waals surface area (Å²) >= 11 is 0. The third-order valence-electron chi connectivity index (χ3n) is 13.9. The number of rotatable bonds is 5. The first-order valence-electron chi connectivity index (χ1n) is 17.4. The maximum atomic E-state index is 14.4. The molecule has 44 heavy (non-hydrogen) atoms. The third-order valence-corrected chi connectivity index (χ3v) is 13.9. The highest BCUT2D eigenvalue weighted by Crippen LogP contribution is 2.70. The van der Waals surface area contributed by atoms with Crippen LogP contribution in [0.2, 0.25) is 0 Å². The van der Waals surface area contributed by atoms with Crippen molar-refractivity contribution in [1.29, 1.82) is 0 Å². The summed E-state index contributed by atoms with van der Waals surface area (Å²) in [5, 5.41) is 9.81. The number of nitrogens with zero attached hydrogens (tertiary/aromatic N) is 1. The summed E-state index contributed by atoms with van der Waals surface area (Å²) in [6.45, 7) is 10.8. The number of carbonyl (C=O) groups is 3. The highest BCUT2D eigenvalue weighted by molar-refractivity contribution is 5.97. The Bertz CT molecular complexity index is 1280. The number of piperidine rings is 1. The summed E-state index contributed by atoms with van der Waals surface area (Å²) in [6.07, 6.45) is 12.6. The SMILES string of the molecule is C[C@@H]1CC[C@@]2(NC1)O[C@H]1C[C@H]3[C@@H]4CC[C@H]5C[C@H](NC(=O)CC(=O)NCc6cccnc6)CC[C@]5(C)[C@H]4CC(=O)[C@]3(C)[C@H]1[C@@H]2C. The van der Waals surface area contributed by atoms with Gasteiger partial charge in [0.1, 0.15) is 17.9 Å². The van der Waals surface area contributed by atoms with Crippen molar-refractivity contribution in [3.05, 3.63) is 30.1 Å². The van der Waals surface area contributed by atoms with Crippen LogP contribution in [0.3, 0.4) is 0 Å². The first kappa shape index (κ1) is 30.3. The van der Waals surface area contributed by atoms with Gasteiger partial charge in [-0.15, -0.1) is 0 Å². The van der Waals surface area contributed by atoms with Crippen molar-refractivity contribution in [3.8, 4) is 0 Å². The van der Waals surface area contributed by atoms with Crippen molar-refractivity contribution in [2.75, 3.05) is 6.54 Å². The van der Waals surface area contributed by atoms with Gasteiger partial charge in [-0.05, 0) is 98.0 Å². The average Bonchev–Trinajstić information content (AvgIpc) is 3.45. The monoisotopic (exact) mass is 604 g/mol. The van der Waals surface area contributed by atoms with Crippen molar-refractivity contribution < 1.29 is 19.1 Å². The fraction of sp³-hybridized carbons (Fsp3) is 0.778. The molecule has 2 amide bonds. The van der Waals surface area contributed by atoms with Gasteiger partial charge in [-0.3, -0.25) is 24.7 Å². The molecule has 0 unspecified atom stereocenters. The topological polar surface area (TPSA) is 109 Å². The molecule has 4 aliphatic carbocycles. The van der Waals surface area contributed by atoms with Crippen LogP contribution >= 0.6 is 0 Å². The number of fused-ring (bicyclic) bond motifs is 7. The number of nitrogens with one attached hydrogen (secondary N) is 3. The molecule has 2 saturated heterocycles. The number of amides is 2. The zero-order valence-electron chi connectivity index (χ0n) is 27.1. The van der Waals surface area contributed by atoms with Crippen LogP contribution < -0.4 is 16.0 Å². The standard InChI is InChI=1S/C36H52N4O4/c1-21-9-12-36(39-18-21)22(2)33-29(44-36)15-28-26-8-7-24-14-25(10-11-34(24,3)27(26)16-30(41)35(28,33)4)40-32(43)17-31(42)38-20-23-6-5-13-37-19-23/h5-6,13,19,21-22,24-29,33,39H,7-12,14-18,20H2,1-4H3,(H,38,42)(H,40,43)/t21-,22+,24+,25-,26-,27+,28+,29+,33+,34+,35-,36-/m1/s1. The fourth-order valence-corrected chi connectivity index (χ4v) is 11.5. The quantitative estimate of drug-likeness (QED) is 0.418. The summed E-state index contributed by atoms with van der Waals surface area (Å²) in [5.74, 6) is 3.24. The van der Waals surface area contributed by atoms with Gasteiger partial charge < -0.3 is 15.4 Å². The molecule has 2 aliphatic heterocycles. The minimum atomic E-state index is -0.286. The summed E-state index contributed by atoms with van der Waals surface area (Å²) < 4.78 is 6.97. The van der Waals surface area contributed by atoms with E-state index in [1.165, 1.54) is 12.8 Å². The molecular weight excluding hydrogens is 552 g/mol. The Morgan fingerprint density at radius 2 is 1.91 bits per heavy atom. The van der Waals surface area contributed by atoms with Gasteiger partial charge in [0.2, 0.25) is 11.8 Å². The van der Waals surface area contributed by atoms with Gasteiger partial charge in [0, 0.05) is 55.2 Å². The van der Waals surface area contributed by atoms with Gasteiger partial charge >= 0.3 is 0 Å². The largest absolute Gasteiger partial charge is 0.357 e. The Morgan fingerprint density at radius 1 is 1.07 bits per heavy atom. The van der Waals surface area contributed by atoms with Gasteiger partial charge in [-0.1, -0.05) is 33.8 Å². The lowest BCUT2D eigenvalue weighted by molar-refractivity contribution is -0.160. The van der Waals surface area contributed by atoms with Crippen LogP contribution in [0.5, 0.6) is 0 Å². The number of hydrogen-bond donors (Lipinski definition) is 3. The maximum Gasteiger partial charge on any atom is 0.229 e. The number of aromatic nitrogens is 1. The molecule has 0 bridgehead atoms. The molecule has 12 atom stereocenters.